The average molecular weight is 868 g/mol. The van der Waals surface area contributed by atoms with E-state index in [-0.39, 0.29) is 17.0 Å². The van der Waals surface area contributed by atoms with Gasteiger partial charge in [-0.1, -0.05) is 123 Å². The van der Waals surface area contributed by atoms with Crippen molar-refractivity contribution in [3.05, 3.63) is 220 Å². The third kappa shape index (κ3) is 9.20. The van der Waals surface area contributed by atoms with Crippen molar-refractivity contribution in [3.63, 3.8) is 0 Å². The summed E-state index contributed by atoms with van der Waals surface area (Å²) in [6.45, 7) is 18.3. The van der Waals surface area contributed by atoms with Crippen LogP contribution >= 0.6 is 0 Å². The van der Waals surface area contributed by atoms with Gasteiger partial charge >= 0.3 is 0 Å². The summed E-state index contributed by atoms with van der Waals surface area (Å²) in [5.41, 5.74) is 15.8. The zero-order valence-electron chi connectivity index (χ0n) is 39.4. The van der Waals surface area contributed by atoms with Crippen LogP contribution in [-0.2, 0) is 22.0 Å². The number of aryl methyl sites for hydroxylation is 3. The molecule has 2 aromatic heterocycles. The van der Waals surface area contributed by atoms with Crippen molar-refractivity contribution in [2.24, 2.45) is 0 Å². The van der Waals surface area contributed by atoms with Crippen LogP contribution in [0.15, 0.2) is 176 Å². The number of Topliss-reactive ketones (excluding diaryl/α,β-unsaturated/α-hetero) is 1. The fourth-order valence-electron chi connectivity index (χ4n) is 9.00. The lowest BCUT2D eigenvalue weighted by Gasteiger charge is -2.31. The van der Waals surface area contributed by atoms with Crippen LogP contribution in [0, 0.1) is 20.8 Å². The van der Waals surface area contributed by atoms with Crippen LogP contribution in [0.4, 0.5) is 17.1 Å². The highest BCUT2D eigenvalue weighted by atomic mass is 16.3. The van der Waals surface area contributed by atoms with Crippen molar-refractivity contribution in [1.82, 2.24) is 19.9 Å². The van der Waals surface area contributed by atoms with E-state index in [4.69, 9.17) is 9.97 Å². The predicted octanol–water partition coefficient (Wildman–Crippen LogP) is 14.3. The van der Waals surface area contributed by atoms with E-state index in [9.17, 15) is 9.90 Å². The minimum atomic E-state index is -0.391. The average Bonchev–Trinajstić information content (AvgIpc) is 3.32. The quantitative estimate of drug-likeness (QED) is 0.0911. The molecule has 66 heavy (non-hydrogen) atoms. The van der Waals surface area contributed by atoms with Gasteiger partial charge < -0.3 is 10.0 Å². The minimum absolute atomic E-state index is 0.0683. The Kier molecular flexibility index (Phi) is 12.7. The molecule has 0 aliphatic rings. The molecule has 0 aliphatic heterocycles. The number of rotatable bonds is 13. The summed E-state index contributed by atoms with van der Waals surface area (Å²) in [7, 11) is 0. The lowest BCUT2D eigenvalue weighted by Crippen LogP contribution is -2.22. The predicted molar refractivity (Wildman–Crippen MR) is 270 cm³/mol. The first kappa shape index (κ1) is 45.1. The highest BCUT2D eigenvalue weighted by molar-refractivity contribution is 5.94. The van der Waals surface area contributed by atoms with E-state index in [1.807, 2.05) is 12.1 Å². The standard InChI is InChI=1S/C59H57N5O2/c1-38-12-21-47(22-13-38)64(49-25-18-45(19-26-49)59(8,9)55-29-15-39(2)34-43(55)36-52(41(4)65)42(5)66)48-23-16-44(17-24-48)58(6,7)46-20-28-51(54(37-46)57-62-32-11-33-63-57)50-27-14-40(3)35-53(50)56-60-30-10-31-61-56/h10-35,37,65H,36H2,1-9H3. The van der Waals surface area contributed by atoms with Crippen molar-refractivity contribution < 1.29 is 9.90 Å². The molecular weight excluding hydrogens is 811 g/mol. The zero-order valence-corrected chi connectivity index (χ0v) is 39.4. The molecule has 7 nitrogen and oxygen atoms in total. The second-order valence-electron chi connectivity index (χ2n) is 18.4. The highest BCUT2D eigenvalue weighted by Gasteiger charge is 2.29. The second-order valence-corrected chi connectivity index (χ2v) is 18.4. The third-order valence-electron chi connectivity index (χ3n) is 13.0. The Balaban J connectivity index is 1.15. The Morgan fingerprint density at radius 2 is 0.924 bits per heavy atom. The summed E-state index contributed by atoms with van der Waals surface area (Å²) in [6, 6.07) is 49.5. The maximum absolute atomic E-state index is 12.5. The molecule has 0 spiro atoms. The van der Waals surface area contributed by atoms with Crippen LogP contribution in [0.3, 0.4) is 0 Å². The molecule has 330 valence electrons. The van der Waals surface area contributed by atoms with Crippen LogP contribution in [0.5, 0.6) is 0 Å². The molecule has 0 saturated heterocycles. The summed E-state index contributed by atoms with van der Waals surface area (Å²) in [5.74, 6) is 1.27. The minimum Gasteiger partial charge on any atom is -0.512 e. The van der Waals surface area contributed by atoms with Gasteiger partial charge in [0.2, 0.25) is 0 Å². The van der Waals surface area contributed by atoms with Gasteiger partial charge in [-0.15, -0.1) is 0 Å². The van der Waals surface area contributed by atoms with E-state index in [2.05, 4.69) is 191 Å². The van der Waals surface area contributed by atoms with Gasteiger partial charge in [0.25, 0.3) is 0 Å². The molecule has 0 atom stereocenters. The molecule has 0 unspecified atom stereocenters. The van der Waals surface area contributed by atoms with Gasteiger partial charge in [0, 0.05) is 75.8 Å². The van der Waals surface area contributed by atoms with Gasteiger partial charge in [-0.25, -0.2) is 19.9 Å². The Bertz CT molecular complexity index is 3040. The number of hydrogen-bond donors (Lipinski definition) is 1. The van der Waals surface area contributed by atoms with Crippen LogP contribution in [-0.4, -0.2) is 30.8 Å². The van der Waals surface area contributed by atoms with Crippen LogP contribution in [0.1, 0.15) is 86.1 Å². The number of nitrogens with zero attached hydrogens (tertiary/aromatic N) is 5. The van der Waals surface area contributed by atoms with Crippen LogP contribution in [0.2, 0.25) is 0 Å². The molecular formula is C59H57N5O2. The molecule has 1 N–H and O–H groups in total. The monoisotopic (exact) mass is 867 g/mol. The zero-order chi connectivity index (χ0) is 46.8. The first-order valence-corrected chi connectivity index (χ1v) is 22.5. The van der Waals surface area contributed by atoms with E-state index < -0.39 is 5.41 Å². The van der Waals surface area contributed by atoms with Gasteiger partial charge in [0.1, 0.15) is 0 Å². The number of aliphatic hydroxyl groups is 1. The summed E-state index contributed by atoms with van der Waals surface area (Å²) in [6.07, 6.45) is 7.51. The van der Waals surface area contributed by atoms with Crippen molar-refractivity contribution in [2.45, 2.75) is 79.6 Å². The maximum Gasteiger partial charge on any atom is 0.159 e. The number of carbonyl (C=O) groups excluding carboxylic acids is 1. The summed E-state index contributed by atoms with van der Waals surface area (Å²) < 4.78 is 0. The third-order valence-corrected chi connectivity index (χ3v) is 13.0. The lowest BCUT2D eigenvalue weighted by molar-refractivity contribution is -0.113. The van der Waals surface area contributed by atoms with Gasteiger partial charge in [0.05, 0.1) is 5.76 Å². The molecule has 6 aromatic carbocycles. The van der Waals surface area contributed by atoms with E-state index in [1.54, 1.807) is 31.7 Å². The molecule has 0 amide bonds. The Morgan fingerprint density at radius 1 is 0.500 bits per heavy atom. The fraction of sp³-hybridized carbons (Fsp3) is 0.203. The largest absolute Gasteiger partial charge is 0.512 e. The smallest absolute Gasteiger partial charge is 0.159 e. The van der Waals surface area contributed by atoms with E-state index in [0.29, 0.717) is 23.6 Å². The summed E-state index contributed by atoms with van der Waals surface area (Å²) >= 11 is 0. The first-order valence-electron chi connectivity index (χ1n) is 22.5. The Labute approximate surface area is 389 Å². The first-order chi connectivity index (χ1) is 31.6. The van der Waals surface area contributed by atoms with Crippen LogP contribution in [0.25, 0.3) is 33.9 Å². The van der Waals surface area contributed by atoms with Gasteiger partial charge in [-0.2, -0.15) is 0 Å². The number of aliphatic hydroxyl groups excluding tert-OH is 1. The molecule has 0 radical (unpaired) electrons. The van der Waals surface area contributed by atoms with Gasteiger partial charge in [0.15, 0.2) is 17.4 Å². The maximum atomic E-state index is 12.5. The lowest BCUT2D eigenvalue weighted by atomic mass is 9.74. The van der Waals surface area contributed by atoms with E-state index in [0.717, 1.165) is 72.7 Å². The highest BCUT2D eigenvalue weighted by Crippen LogP contribution is 2.43. The van der Waals surface area contributed by atoms with E-state index in [1.165, 1.54) is 18.1 Å². The second kappa shape index (κ2) is 18.5. The fourth-order valence-corrected chi connectivity index (χ4v) is 9.00. The van der Waals surface area contributed by atoms with Crippen molar-refractivity contribution >= 4 is 22.8 Å². The SMILES string of the molecule is CC(=O)C(Cc1cc(C)ccc1C(C)(C)c1ccc(N(c2ccc(C)cc2)c2ccc(C(C)(C)c3ccc(-c4ccc(C)cc4-c4ncccn4)c(-c4ncccn4)c3)cc2)cc1)=C(C)O. The molecule has 8 aromatic rings. The Morgan fingerprint density at radius 3 is 1.44 bits per heavy atom. The number of hydrogen-bond acceptors (Lipinski definition) is 7. The number of carbonyl (C=O) groups is 1. The van der Waals surface area contributed by atoms with Crippen LogP contribution < -0.4 is 4.90 Å². The molecule has 8 rings (SSSR count). The number of ketones is 1. The number of aromatic nitrogens is 4. The topological polar surface area (TPSA) is 92.1 Å². The number of benzene rings is 6. The normalized spacial score (nSPS) is 12.1. The number of anilines is 3. The molecule has 0 fully saturated rings. The Hall–Kier alpha value is -7.51. The molecule has 7 heteroatoms. The molecule has 0 aliphatic carbocycles. The molecule has 0 saturated carbocycles. The molecule has 0 bridgehead atoms. The summed E-state index contributed by atoms with van der Waals surface area (Å²) in [5, 5.41) is 10.4. The van der Waals surface area contributed by atoms with Crippen molar-refractivity contribution in [1.29, 1.82) is 0 Å². The van der Waals surface area contributed by atoms with E-state index >= 15 is 0 Å². The van der Waals surface area contributed by atoms with Crippen molar-refractivity contribution in [3.8, 4) is 33.9 Å². The van der Waals surface area contributed by atoms with Gasteiger partial charge in [-0.3, -0.25) is 4.79 Å². The molecule has 2 heterocycles. The summed E-state index contributed by atoms with van der Waals surface area (Å²) in [4.78, 5) is 33.6. The van der Waals surface area contributed by atoms with Crippen molar-refractivity contribution in [2.75, 3.05) is 4.90 Å². The number of allylic oxidation sites excluding steroid dienone is 2. The van der Waals surface area contributed by atoms with Gasteiger partial charge in [-0.05, 0) is 134 Å².